The van der Waals surface area contributed by atoms with Gasteiger partial charge in [-0.2, -0.15) is 0 Å². The smallest absolute Gasteiger partial charge is 0.133 e. The largest absolute Gasteiger partial charge is 0.389 e. The molecule has 2 atom stereocenters. The number of carbonyl (C=O) groups excluding carboxylic acids is 1. The summed E-state index contributed by atoms with van der Waals surface area (Å²) < 4.78 is 0. The van der Waals surface area contributed by atoms with Gasteiger partial charge in [-0.25, -0.2) is 0 Å². The van der Waals surface area contributed by atoms with Gasteiger partial charge in [0, 0.05) is 12.8 Å². The lowest BCUT2D eigenvalue weighted by Crippen LogP contribution is -2.13. The van der Waals surface area contributed by atoms with E-state index >= 15 is 0 Å². The average molecular weight is 258 g/mol. The van der Waals surface area contributed by atoms with Crippen molar-refractivity contribution in [1.29, 1.82) is 0 Å². The molecule has 0 spiro atoms. The maximum Gasteiger partial charge on any atom is 0.133 e. The van der Waals surface area contributed by atoms with E-state index in [9.17, 15) is 9.90 Å². The van der Waals surface area contributed by atoms with Crippen LogP contribution in [0.4, 0.5) is 0 Å². The molecule has 0 amide bonds. The van der Waals surface area contributed by atoms with E-state index in [1.165, 1.54) is 5.56 Å². The van der Waals surface area contributed by atoms with E-state index in [1.807, 2.05) is 30.4 Å². The summed E-state index contributed by atoms with van der Waals surface area (Å²) >= 11 is 0. The number of allylic oxidation sites excluding steroid dienone is 1. The average Bonchev–Trinajstić information content (AvgIpc) is 2.44. The minimum Gasteiger partial charge on any atom is -0.389 e. The molecular formula is C17H22O2. The second kappa shape index (κ2) is 7.25. The number of hydrogen-bond donors (Lipinski definition) is 1. The van der Waals surface area contributed by atoms with Crippen LogP contribution in [0.5, 0.6) is 0 Å². The number of aliphatic hydroxyl groups excluding tert-OH is 1. The Bertz CT molecular complexity index is 422. The number of rotatable bonds is 5. The summed E-state index contributed by atoms with van der Waals surface area (Å²) in [6, 6.07) is 10.2. The molecule has 1 fully saturated rings. The first-order chi connectivity index (χ1) is 9.24. The van der Waals surface area contributed by atoms with Gasteiger partial charge in [0.05, 0.1) is 6.10 Å². The molecule has 1 aliphatic rings. The Morgan fingerprint density at radius 2 is 2.11 bits per heavy atom. The minimum atomic E-state index is -0.405. The number of carbonyl (C=O) groups is 1. The minimum absolute atomic E-state index is 0.340. The van der Waals surface area contributed by atoms with Crippen molar-refractivity contribution in [3.63, 3.8) is 0 Å². The molecule has 1 N–H and O–H groups in total. The SMILES string of the molecule is O=C1CCCC(/C=C/C(O)CCc2ccccc2)C1. The molecular weight excluding hydrogens is 236 g/mol. The van der Waals surface area contributed by atoms with Crippen molar-refractivity contribution < 1.29 is 9.90 Å². The highest BCUT2D eigenvalue weighted by Gasteiger charge is 2.17. The van der Waals surface area contributed by atoms with Crippen molar-refractivity contribution in [2.75, 3.05) is 0 Å². The van der Waals surface area contributed by atoms with E-state index < -0.39 is 6.10 Å². The third-order valence-electron chi connectivity index (χ3n) is 3.70. The van der Waals surface area contributed by atoms with Crippen molar-refractivity contribution in [2.45, 2.75) is 44.6 Å². The van der Waals surface area contributed by atoms with Crippen LogP contribution in [0.15, 0.2) is 42.5 Å². The lowest BCUT2D eigenvalue weighted by molar-refractivity contribution is -0.121. The number of ketones is 1. The number of Topliss-reactive ketones (excluding diaryl/α,β-unsaturated/α-hetero) is 1. The van der Waals surface area contributed by atoms with Crippen LogP contribution in [0.2, 0.25) is 0 Å². The van der Waals surface area contributed by atoms with Gasteiger partial charge in [0.25, 0.3) is 0 Å². The molecule has 2 unspecified atom stereocenters. The number of aryl methyl sites for hydroxylation is 1. The zero-order valence-electron chi connectivity index (χ0n) is 11.3. The van der Waals surface area contributed by atoms with E-state index in [-0.39, 0.29) is 0 Å². The van der Waals surface area contributed by atoms with Gasteiger partial charge < -0.3 is 5.11 Å². The summed E-state index contributed by atoms with van der Waals surface area (Å²) in [5, 5.41) is 9.94. The molecule has 1 aromatic rings. The third kappa shape index (κ3) is 4.99. The van der Waals surface area contributed by atoms with Gasteiger partial charge in [-0.3, -0.25) is 4.79 Å². The monoisotopic (exact) mass is 258 g/mol. The van der Waals surface area contributed by atoms with Gasteiger partial charge in [0.2, 0.25) is 0 Å². The second-order valence-electron chi connectivity index (χ2n) is 5.37. The van der Waals surface area contributed by atoms with Crippen LogP contribution in [0.3, 0.4) is 0 Å². The fraction of sp³-hybridized carbons (Fsp3) is 0.471. The molecule has 102 valence electrons. The first-order valence-electron chi connectivity index (χ1n) is 7.16. The Balaban J connectivity index is 1.74. The summed E-state index contributed by atoms with van der Waals surface area (Å²) in [7, 11) is 0. The van der Waals surface area contributed by atoms with Crippen LogP contribution < -0.4 is 0 Å². The Morgan fingerprint density at radius 1 is 1.32 bits per heavy atom. The number of hydrogen-bond acceptors (Lipinski definition) is 2. The normalized spacial score (nSPS) is 21.7. The summed E-state index contributed by atoms with van der Waals surface area (Å²) in [4.78, 5) is 11.3. The molecule has 1 aromatic carbocycles. The van der Waals surface area contributed by atoms with Crippen molar-refractivity contribution in [2.24, 2.45) is 5.92 Å². The van der Waals surface area contributed by atoms with Gasteiger partial charge in [0.15, 0.2) is 0 Å². The van der Waals surface area contributed by atoms with Gasteiger partial charge in [-0.05, 0) is 37.2 Å². The number of benzene rings is 1. The standard InChI is InChI=1S/C17H22O2/c18-16(11-9-14-5-2-1-3-6-14)12-10-15-7-4-8-17(19)13-15/h1-3,5-6,10,12,15-16,18H,4,7-9,11,13H2/b12-10+. The molecule has 1 saturated carbocycles. The van der Waals surface area contributed by atoms with Crippen molar-refractivity contribution in [1.82, 2.24) is 0 Å². The van der Waals surface area contributed by atoms with Crippen molar-refractivity contribution in [3.8, 4) is 0 Å². The summed E-state index contributed by atoms with van der Waals surface area (Å²) in [5.41, 5.74) is 1.25. The van der Waals surface area contributed by atoms with Crippen LogP contribution in [-0.4, -0.2) is 17.0 Å². The maximum atomic E-state index is 11.3. The van der Waals surface area contributed by atoms with E-state index in [0.717, 1.165) is 32.1 Å². The fourth-order valence-electron chi connectivity index (χ4n) is 2.56. The predicted molar refractivity (Wildman–Crippen MR) is 76.9 cm³/mol. The molecule has 0 aliphatic heterocycles. The molecule has 2 heteroatoms. The second-order valence-corrected chi connectivity index (χ2v) is 5.37. The first kappa shape index (κ1) is 14.0. The molecule has 0 saturated heterocycles. The Kier molecular flexibility index (Phi) is 5.34. The highest BCUT2D eigenvalue weighted by molar-refractivity contribution is 5.79. The summed E-state index contributed by atoms with van der Waals surface area (Å²) in [5.74, 6) is 0.701. The van der Waals surface area contributed by atoms with Gasteiger partial charge >= 0.3 is 0 Å². The van der Waals surface area contributed by atoms with Crippen molar-refractivity contribution >= 4 is 5.78 Å². The Labute approximate surface area is 115 Å². The topological polar surface area (TPSA) is 37.3 Å². The van der Waals surface area contributed by atoms with Crippen LogP contribution in [0.1, 0.15) is 37.7 Å². The van der Waals surface area contributed by atoms with Crippen LogP contribution in [-0.2, 0) is 11.2 Å². The molecule has 2 nitrogen and oxygen atoms in total. The quantitative estimate of drug-likeness (QED) is 0.823. The van der Waals surface area contributed by atoms with Crippen molar-refractivity contribution in [3.05, 3.63) is 48.0 Å². The van der Waals surface area contributed by atoms with E-state index in [0.29, 0.717) is 18.1 Å². The predicted octanol–water partition coefficient (Wildman–Crippen LogP) is 3.30. The lowest BCUT2D eigenvalue weighted by atomic mass is 9.88. The Hall–Kier alpha value is -1.41. The van der Waals surface area contributed by atoms with E-state index in [1.54, 1.807) is 0 Å². The molecule has 2 rings (SSSR count). The third-order valence-corrected chi connectivity index (χ3v) is 3.70. The van der Waals surface area contributed by atoms with Crippen LogP contribution in [0, 0.1) is 5.92 Å². The van der Waals surface area contributed by atoms with Gasteiger partial charge in [-0.1, -0.05) is 42.5 Å². The lowest BCUT2D eigenvalue weighted by Gasteiger charge is -2.17. The first-order valence-corrected chi connectivity index (χ1v) is 7.16. The fourth-order valence-corrected chi connectivity index (χ4v) is 2.56. The molecule has 19 heavy (non-hydrogen) atoms. The summed E-state index contributed by atoms with van der Waals surface area (Å²) in [6.45, 7) is 0. The van der Waals surface area contributed by atoms with E-state index in [4.69, 9.17) is 0 Å². The zero-order valence-corrected chi connectivity index (χ0v) is 11.3. The molecule has 0 bridgehead atoms. The molecule has 1 aliphatic carbocycles. The van der Waals surface area contributed by atoms with Crippen LogP contribution in [0.25, 0.3) is 0 Å². The highest BCUT2D eigenvalue weighted by Crippen LogP contribution is 2.22. The van der Waals surface area contributed by atoms with Gasteiger partial charge in [-0.15, -0.1) is 0 Å². The molecule has 0 aromatic heterocycles. The van der Waals surface area contributed by atoms with Crippen LogP contribution >= 0.6 is 0 Å². The summed E-state index contributed by atoms with van der Waals surface area (Å²) in [6.07, 6.45) is 8.58. The van der Waals surface area contributed by atoms with E-state index in [2.05, 4.69) is 12.1 Å². The maximum absolute atomic E-state index is 11.3. The Morgan fingerprint density at radius 3 is 2.84 bits per heavy atom. The zero-order chi connectivity index (χ0) is 13.5. The highest BCUT2D eigenvalue weighted by atomic mass is 16.3. The molecule has 0 heterocycles. The number of aliphatic hydroxyl groups is 1. The van der Waals surface area contributed by atoms with Gasteiger partial charge in [0.1, 0.15) is 5.78 Å². The molecule has 0 radical (unpaired) electrons.